The Balaban J connectivity index is 0.00000364. The molecule has 1 aromatic heterocycles. The summed E-state index contributed by atoms with van der Waals surface area (Å²) in [5.74, 6) is 0.711. The van der Waals surface area contributed by atoms with E-state index in [1.165, 1.54) is 11.3 Å². The van der Waals surface area contributed by atoms with Gasteiger partial charge in [-0.3, -0.25) is 4.68 Å². The lowest BCUT2D eigenvalue weighted by Gasteiger charge is -2.22. The van der Waals surface area contributed by atoms with Crippen LogP contribution >= 0.6 is 24.0 Å². The minimum absolute atomic E-state index is 0. The van der Waals surface area contributed by atoms with Crippen molar-refractivity contribution in [2.75, 3.05) is 19.6 Å². The van der Waals surface area contributed by atoms with Crippen LogP contribution in [0.25, 0.3) is 0 Å². The van der Waals surface area contributed by atoms with Gasteiger partial charge in [-0.1, -0.05) is 30.3 Å². The van der Waals surface area contributed by atoms with E-state index in [2.05, 4.69) is 27.6 Å². The van der Waals surface area contributed by atoms with Crippen LogP contribution in [0.4, 0.5) is 0 Å². The van der Waals surface area contributed by atoms with Gasteiger partial charge < -0.3 is 15.7 Å². The van der Waals surface area contributed by atoms with Crippen LogP contribution in [0, 0.1) is 13.8 Å². The highest BCUT2D eigenvalue weighted by atomic mass is 127. The number of benzene rings is 1. The van der Waals surface area contributed by atoms with Gasteiger partial charge in [0.25, 0.3) is 0 Å². The molecule has 0 bridgehead atoms. The summed E-state index contributed by atoms with van der Waals surface area (Å²) in [4.78, 5) is 4.57. The second-order valence-corrected chi connectivity index (χ2v) is 6.78. The highest BCUT2D eigenvalue weighted by molar-refractivity contribution is 14.0. The molecule has 7 heteroatoms. The van der Waals surface area contributed by atoms with Crippen molar-refractivity contribution in [1.82, 2.24) is 20.4 Å². The molecule has 0 saturated heterocycles. The van der Waals surface area contributed by atoms with Crippen LogP contribution in [-0.4, -0.2) is 40.5 Å². The zero-order valence-electron chi connectivity index (χ0n) is 16.9. The summed E-state index contributed by atoms with van der Waals surface area (Å²) >= 11 is 0. The molecule has 0 aliphatic rings. The minimum Gasteiger partial charge on any atom is -0.384 e. The monoisotopic (exact) mass is 485 g/mol. The van der Waals surface area contributed by atoms with Gasteiger partial charge in [0.05, 0.1) is 12.2 Å². The largest absolute Gasteiger partial charge is 0.384 e. The molecule has 150 valence electrons. The Kier molecular flexibility index (Phi) is 9.25. The Labute approximate surface area is 179 Å². The number of aliphatic hydroxyl groups is 1. The quantitative estimate of drug-likeness (QED) is 0.320. The van der Waals surface area contributed by atoms with Gasteiger partial charge >= 0.3 is 0 Å². The molecule has 1 heterocycles. The molecule has 6 nitrogen and oxygen atoms in total. The zero-order valence-corrected chi connectivity index (χ0v) is 19.2. The molecule has 27 heavy (non-hydrogen) atoms. The lowest BCUT2D eigenvalue weighted by molar-refractivity contribution is 0.0672. The van der Waals surface area contributed by atoms with Crippen LogP contribution in [0.15, 0.2) is 35.3 Å². The average molecular weight is 485 g/mol. The first kappa shape index (κ1) is 23.4. The number of halogens is 1. The molecule has 1 atom stereocenters. The third-order valence-electron chi connectivity index (χ3n) is 4.61. The standard InChI is InChI=1S/C20H31N5O.HI/c1-6-21-19(22-13-12-18-15(2)24-25(5)16(18)3)23-14-20(4,26)17-10-8-7-9-11-17;/h7-11,26H,6,12-14H2,1-5H3,(H2,21,22,23);1H. The van der Waals surface area contributed by atoms with Crippen molar-refractivity contribution in [2.24, 2.45) is 12.0 Å². The summed E-state index contributed by atoms with van der Waals surface area (Å²) in [6.07, 6.45) is 0.880. The van der Waals surface area contributed by atoms with Gasteiger partial charge in [-0.05, 0) is 45.2 Å². The highest BCUT2D eigenvalue weighted by Gasteiger charge is 2.22. The number of guanidine groups is 1. The van der Waals surface area contributed by atoms with Gasteiger partial charge in [-0.15, -0.1) is 24.0 Å². The maximum absolute atomic E-state index is 10.7. The molecule has 1 unspecified atom stereocenters. The van der Waals surface area contributed by atoms with E-state index in [4.69, 9.17) is 0 Å². The zero-order chi connectivity index (χ0) is 19.2. The second-order valence-electron chi connectivity index (χ2n) is 6.78. The maximum atomic E-state index is 10.7. The predicted octanol–water partition coefficient (Wildman–Crippen LogP) is 2.66. The molecule has 2 rings (SSSR count). The Hall–Kier alpha value is -1.61. The van der Waals surface area contributed by atoms with Gasteiger partial charge in [0, 0.05) is 25.8 Å². The summed E-state index contributed by atoms with van der Waals surface area (Å²) in [5, 5.41) is 21.7. The first-order chi connectivity index (χ1) is 12.3. The van der Waals surface area contributed by atoms with Gasteiger partial charge in [0.15, 0.2) is 5.96 Å². The van der Waals surface area contributed by atoms with Crippen molar-refractivity contribution in [3.8, 4) is 0 Å². The Morgan fingerprint density at radius 3 is 2.44 bits per heavy atom. The third-order valence-corrected chi connectivity index (χ3v) is 4.61. The lowest BCUT2D eigenvalue weighted by atomic mass is 9.96. The molecule has 0 radical (unpaired) electrons. The molecule has 0 aliphatic carbocycles. The minimum atomic E-state index is -1.000. The van der Waals surface area contributed by atoms with Crippen LogP contribution in [-0.2, 0) is 19.1 Å². The van der Waals surface area contributed by atoms with Crippen molar-refractivity contribution < 1.29 is 5.11 Å². The fourth-order valence-corrected chi connectivity index (χ4v) is 2.95. The second kappa shape index (κ2) is 10.7. The van der Waals surface area contributed by atoms with E-state index in [0.29, 0.717) is 5.96 Å². The SMILES string of the molecule is CCNC(=NCC(C)(O)c1ccccc1)NCCc1c(C)nn(C)c1C.I. The Bertz CT molecular complexity index is 740. The normalized spacial score (nSPS) is 13.6. The molecule has 0 amide bonds. The summed E-state index contributed by atoms with van der Waals surface area (Å²) in [5.41, 5.74) is 3.40. The molecular weight excluding hydrogens is 453 g/mol. The first-order valence-corrected chi connectivity index (χ1v) is 9.14. The number of nitrogens with zero attached hydrogens (tertiary/aromatic N) is 3. The van der Waals surface area contributed by atoms with Gasteiger partial charge in [-0.25, -0.2) is 4.99 Å². The smallest absolute Gasteiger partial charge is 0.191 e. The molecular formula is C20H32IN5O. The van der Waals surface area contributed by atoms with Crippen molar-refractivity contribution in [3.05, 3.63) is 52.8 Å². The van der Waals surface area contributed by atoms with Crippen molar-refractivity contribution in [3.63, 3.8) is 0 Å². The molecule has 0 fully saturated rings. The summed E-state index contributed by atoms with van der Waals surface area (Å²) in [6.45, 7) is 9.76. The molecule has 0 spiro atoms. The lowest BCUT2D eigenvalue weighted by Crippen LogP contribution is -2.39. The number of hydrogen-bond acceptors (Lipinski definition) is 3. The molecule has 0 saturated carbocycles. The maximum Gasteiger partial charge on any atom is 0.191 e. The number of aromatic nitrogens is 2. The Morgan fingerprint density at radius 1 is 1.22 bits per heavy atom. The van der Waals surface area contributed by atoms with Gasteiger partial charge in [0.2, 0.25) is 0 Å². The molecule has 1 aromatic carbocycles. The molecule has 2 aromatic rings. The predicted molar refractivity (Wildman–Crippen MR) is 122 cm³/mol. The fourth-order valence-electron chi connectivity index (χ4n) is 2.95. The van der Waals surface area contributed by atoms with E-state index >= 15 is 0 Å². The highest BCUT2D eigenvalue weighted by Crippen LogP contribution is 2.20. The number of aryl methyl sites for hydroxylation is 2. The van der Waals surface area contributed by atoms with Crippen LogP contribution < -0.4 is 10.6 Å². The third kappa shape index (κ3) is 6.49. The number of hydrogen-bond donors (Lipinski definition) is 3. The number of rotatable bonds is 7. The number of aliphatic imine (C=N–C) groups is 1. The van der Waals surface area contributed by atoms with Crippen molar-refractivity contribution in [2.45, 2.75) is 39.7 Å². The van der Waals surface area contributed by atoms with Gasteiger partial charge in [0.1, 0.15) is 5.60 Å². The van der Waals surface area contributed by atoms with Crippen molar-refractivity contribution >= 4 is 29.9 Å². The van der Waals surface area contributed by atoms with E-state index < -0.39 is 5.60 Å². The van der Waals surface area contributed by atoms with E-state index in [-0.39, 0.29) is 30.5 Å². The summed E-state index contributed by atoms with van der Waals surface area (Å²) in [6, 6.07) is 9.63. The first-order valence-electron chi connectivity index (χ1n) is 9.14. The summed E-state index contributed by atoms with van der Waals surface area (Å²) in [7, 11) is 1.97. The molecule has 3 N–H and O–H groups in total. The van der Waals surface area contributed by atoms with Crippen LogP contribution in [0.3, 0.4) is 0 Å². The van der Waals surface area contributed by atoms with Crippen LogP contribution in [0.5, 0.6) is 0 Å². The Morgan fingerprint density at radius 2 is 1.89 bits per heavy atom. The van der Waals surface area contributed by atoms with Gasteiger partial charge in [-0.2, -0.15) is 5.10 Å². The summed E-state index contributed by atoms with van der Waals surface area (Å²) < 4.78 is 1.92. The average Bonchev–Trinajstić information content (AvgIpc) is 2.86. The van der Waals surface area contributed by atoms with Crippen LogP contribution in [0.1, 0.15) is 36.4 Å². The van der Waals surface area contributed by atoms with E-state index in [9.17, 15) is 5.11 Å². The fraction of sp³-hybridized carbons (Fsp3) is 0.500. The number of nitrogens with one attached hydrogen (secondary N) is 2. The topological polar surface area (TPSA) is 74.5 Å². The molecule has 0 aliphatic heterocycles. The van der Waals surface area contributed by atoms with E-state index in [1.807, 2.05) is 55.9 Å². The van der Waals surface area contributed by atoms with Crippen LogP contribution in [0.2, 0.25) is 0 Å². The van der Waals surface area contributed by atoms with Crippen molar-refractivity contribution in [1.29, 1.82) is 0 Å². The van der Waals surface area contributed by atoms with E-state index in [0.717, 1.165) is 30.8 Å². The van der Waals surface area contributed by atoms with E-state index in [1.54, 1.807) is 6.92 Å².